The number of carboxylic acids is 1. The maximum Gasteiger partial charge on any atom is 0.317 e. The maximum absolute atomic E-state index is 12.1. The van der Waals surface area contributed by atoms with Crippen molar-refractivity contribution in [2.75, 3.05) is 45.9 Å². The number of nitrogens with one attached hydrogen (secondary N) is 2. The number of carboxylic acid groups (broad SMARTS) is 1. The molecule has 1 aliphatic carbocycles. The van der Waals surface area contributed by atoms with E-state index in [4.69, 9.17) is 9.84 Å². The largest absolute Gasteiger partial charge is 0.480 e. The van der Waals surface area contributed by atoms with Crippen molar-refractivity contribution in [2.45, 2.75) is 51.2 Å². The zero-order valence-electron chi connectivity index (χ0n) is 15.6. The van der Waals surface area contributed by atoms with Gasteiger partial charge >= 0.3 is 12.0 Å². The molecule has 2 amide bonds. The van der Waals surface area contributed by atoms with Crippen molar-refractivity contribution >= 4 is 12.0 Å². The summed E-state index contributed by atoms with van der Waals surface area (Å²) in [4.78, 5) is 27.3. The van der Waals surface area contributed by atoms with Gasteiger partial charge in [0.05, 0.1) is 19.8 Å². The van der Waals surface area contributed by atoms with Crippen LogP contribution in [0, 0.1) is 0 Å². The first-order valence-electron chi connectivity index (χ1n) is 9.15. The molecule has 0 aromatic heterocycles. The average Bonchev–Trinajstić information content (AvgIpc) is 2.55. The minimum atomic E-state index is -0.804. The number of urea groups is 1. The SMILES string of the molecule is CCN(CC(=O)O)C1CC(NC(=O)NCC(C)(C)N2CCOCC2)C1. The normalized spacial score (nSPS) is 24.6. The number of amides is 2. The van der Waals surface area contributed by atoms with Gasteiger partial charge in [-0.15, -0.1) is 0 Å². The van der Waals surface area contributed by atoms with Crippen molar-refractivity contribution < 1.29 is 19.4 Å². The number of carbonyl (C=O) groups excluding carboxylic acids is 1. The lowest BCUT2D eigenvalue weighted by atomic mass is 9.85. The van der Waals surface area contributed by atoms with Crippen LogP contribution in [0.5, 0.6) is 0 Å². The van der Waals surface area contributed by atoms with Gasteiger partial charge in [0, 0.05) is 37.3 Å². The summed E-state index contributed by atoms with van der Waals surface area (Å²) in [5, 5.41) is 14.9. The van der Waals surface area contributed by atoms with Gasteiger partial charge in [-0.2, -0.15) is 0 Å². The van der Waals surface area contributed by atoms with Crippen molar-refractivity contribution in [1.29, 1.82) is 0 Å². The van der Waals surface area contributed by atoms with Crippen LogP contribution < -0.4 is 10.6 Å². The van der Waals surface area contributed by atoms with Crippen LogP contribution in [0.4, 0.5) is 4.79 Å². The number of likely N-dealkylation sites (N-methyl/N-ethyl adjacent to an activating group) is 1. The molecule has 2 fully saturated rings. The molecular formula is C17H32N4O4. The predicted molar refractivity (Wildman–Crippen MR) is 94.7 cm³/mol. The molecule has 25 heavy (non-hydrogen) atoms. The third-order valence-corrected chi connectivity index (χ3v) is 5.26. The lowest BCUT2D eigenvalue weighted by molar-refractivity contribution is -0.139. The predicted octanol–water partition coefficient (Wildman–Crippen LogP) is 0.334. The fourth-order valence-electron chi connectivity index (χ4n) is 3.49. The number of ether oxygens (including phenoxy) is 1. The van der Waals surface area contributed by atoms with E-state index in [1.807, 2.05) is 11.8 Å². The van der Waals surface area contributed by atoms with E-state index < -0.39 is 5.97 Å². The third-order valence-electron chi connectivity index (χ3n) is 5.26. The molecule has 1 saturated heterocycles. The number of nitrogens with zero attached hydrogens (tertiary/aromatic N) is 2. The number of hydrogen-bond donors (Lipinski definition) is 3. The second-order valence-electron chi connectivity index (χ2n) is 7.52. The van der Waals surface area contributed by atoms with Crippen molar-refractivity contribution in [1.82, 2.24) is 20.4 Å². The molecule has 0 bridgehead atoms. The molecule has 8 heteroatoms. The van der Waals surface area contributed by atoms with Crippen LogP contribution in [-0.2, 0) is 9.53 Å². The highest BCUT2D eigenvalue weighted by Gasteiger charge is 2.35. The van der Waals surface area contributed by atoms with Crippen LogP contribution in [-0.4, -0.2) is 90.5 Å². The van der Waals surface area contributed by atoms with E-state index in [0.29, 0.717) is 13.1 Å². The molecule has 0 spiro atoms. The quantitative estimate of drug-likeness (QED) is 0.580. The minimum absolute atomic E-state index is 0.0633. The third kappa shape index (κ3) is 5.83. The van der Waals surface area contributed by atoms with Crippen molar-refractivity contribution in [3.05, 3.63) is 0 Å². The Labute approximate surface area is 149 Å². The summed E-state index contributed by atoms with van der Waals surface area (Å²) in [5.74, 6) is -0.804. The second kappa shape index (κ2) is 8.82. The molecule has 2 aliphatic rings. The smallest absolute Gasteiger partial charge is 0.317 e. The fraction of sp³-hybridized carbons (Fsp3) is 0.882. The first-order chi connectivity index (χ1) is 11.8. The Bertz CT molecular complexity index is 460. The van der Waals surface area contributed by atoms with E-state index in [1.54, 1.807) is 0 Å². The van der Waals surface area contributed by atoms with Crippen LogP contribution in [0.15, 0.2) is 0 Å². The molecule has 3 N–H and O–H groups in total. The summed E-state index contributed by atoms with van der Waals surface area (Å²) in [6, 6.07) is 0.224. The van der Waals surface area contributed by atoms with Gasteiger partial charge in [-0.1, -0.05) is 6.92 Å². The van der Waals surface area contributed by atoms with E-state index in [-0.39, 0.29) is 30.2 Å². The molecular weight excluding hydrogens is 324 g/mol. The first-order valence-corrected chi connectivity index (χ1v) is 9.15. The van der Waals surface area contributed by atoms with Crippen LogP contribution in [0.2, 0.25) is 0 Å². The molecule has 1 saturated carbocycles. The number of carbonyl (C=O) groups is 2. The maximum atomic E-state index is 12.1. The number of hydrogen-bond acceptors (Lipinski definition) is 5. The molecule has 8 nitrogen and oxygen atoms in total. The monoisotopic (exact) mass is 356 g/mol. The highest BCUT2D eigenvalue weighted by atomic mass is 16.5. The Morgan fingerprint density at radius 2 is 1.92 bits per heavy atom. The number of morpholine rings is 1. The Kier molecular flexibility index (Phi) is 7.04. The van der Waals surface area contributed by atoms with Crippen LogP contribution >= 0.6 is 0 Å². The molecule has 0 aromatic rings. The Balaban J connectivity index is 1.67. The molecule has 0 atom stereocenters. The lowest BCUT2D eigenvalue weighted by Gasteiger charge is -2.43. The highest BCUT2D eigenvalue weighted by Crippen LogP contribution is 2.25. The number of aliphatic carboxylic acids is 1. The van der Waals surface area contributed by atoms with Crippen molar-refractivity contribution in [3.63, 3.8) is 0 Å². The second-order valence-corrected chi connectivity index (χ2v) is 7.52. The van der Waals surface area contributed by atoms with E-state index in [2.05, 4.69) is 29.4 Å². The van der Waals surface area contributed by atoms with E-state index in [9.17, 15) is 9.59 Å². The topological polar surface area (TPSA) is 94.1 Å². The van der Waals surface area contributed by atoms with Gasteiger partial charge in [0.2, 0.25) is 0 Å². The Hall–Kier alpha value is -1.38. The summed E-state index contributed by atoms with van der Waals surface area (Å²) in [7, 11) is 0. The zero-order chi connectivity index (χ0) is 18.4. The highest BCUT2D eigenvalue weighted by molar-refractivity contribution is 5.74. The Morgan fingerprint density at radius 1 is 1.28 bits per heavy atom. The van der Waals surface area contributed by atoms with Gasteiger partial charge in [0.25, 0.3) is 0 Å². The van der Waals surface area contributed by atoms with Gasteiger partial charge in [0.15, 0.2) is 0 Å². The van der Waals surface area contributed by atoms with Gasteiger partial charge in [-0.25, -0.2) is 4.79 Å². The van der Waals surface area contributed by atoms with Gasteiger partial charge < -0.3 is 20.5 Å². The van der Waals surface area contributed by atoms with E-state index in [0.717, 1.165) is 39.1 Å². The Morgan fingerprint density at radius 3 is 2.48 bits per heavy atom. The molecule has 1 aliphatic heterocycles. The summed E-state index contributed by atoms with van der Waals surface area (Å²) < 4.78 is 5.38. The molecule has 0 unspecified atom stereocenters. The minimum Gasteiger partial charge on any atom is -0.480 e. The number of rotatable bonds is 8. The standard InChI is InChI=1S/C17H32N4O4/c1-4-20(11-15(22)23)14-9-13(10-14)19-16(24)18-12-17(2,3)21-5-7-25-8-6-21/h13-14H,4-12H2,1-3H3,(H,22,23)(H2,18,19,24). The van der Waals surface area contributed by atoms with Crippen LogP contribution in [0.3, 0.4) is 0 Å². The first kappa shape index (κ1) is 19.9. The fourth-order valence-corrected chi connectivity index (χ4v) is 3.49. The summed E-state index contributed by atoms with van der Waals surface area (Å²) in [6.07, 6.45) is 1.61. The zero-order valence-corrected chi connectivity index (χ0v) is 15.6. The molecule has 0 radical (unpaired) electrons. The molecule has 0 aromatic carbocycles. The molecule has 1 heterocycles. The van der Waals surface area contributed by atoms with E-state index in [1.165, 1.54) is 0 Å². The lowest BCUT2D eigenvalue weighted by Crippen LogP contribution is -2.59. The summed E-state index contributed by atoms with van der Waals surface area (Å²) in [6.45, 7) is 10.8. The van der Waals surface area contributed by atoms with Crippen molar-refractivity contribution in [3.8, 4) is 0 Å². The van der Waals surface area contributed by atoms with Crippen LogP contribution in [0.25, 0.3) is 0 Å². The van der Waals surface area contributed by atoms with Gasteiger partial charge in [-0.05, 0) is 33.2 Å². The van der Waals surface area contributed by atoms with Gasteiger partial charge in [-0.3, -0.25) is 14.6 Å². The van der Waals surface area contributed by atoms with Crippen LogP contribution in [0.1, 0.15) is 33.6 Å². The summed E-state index contributed by atoms with van der Waals surface area (Å²) >= 11 is 0. The summed E-state index contributed by atoms with van der Waals surface area (Å²) in [5.41, 5.74) is -0.107. The average molecular weight is 356 g/mol. The molecule has 2 rings (SSSR count). The van der Waals surface area contributed by atoms with Crippen molar-refractivity contribution in [2.24, 2.45) is 0 Å². The van der Waals surface area contributed by atoms with E-state index >= 15 is 0 Å². The molecule has 144 valence electrons. The van der Waals surface area contributed by atoms with Gasteiger partial charge in [0.1, 0.15) is 0 Å².